The molecule has 1 aliphatic carbocycles. The van der Waals surface area contributed by atoms with Gasteiger partial charge in [-0.25, -0.2) is 9.99 Å². The molecule has 0 amide bonds. The lowest BCUT2D eigenvalue weighted by atomic mass is 9.87. The molecule has 7 nitrogen and oxygen atoms in total. The summed E-state index contributed by atoms with van der Waals surface area (Å²) < 4.78 is 24.3. The second kappa shape index (κ2) is 22.4. The van der Waals surface area contributed by atoms with E-state index in [0.29, 0.717) is 44.0 Å². The molecule has 4 aromatic rings. The third-order valence-electron chi connectivity index (χ3n) is 8.27. The number of fused-ring (bicyclic) bond motifs is 1. The van der Waals surface area contributed by atoms with E-state index in [0.717, 1.165) is 54.9 Å². The Hall–Kier alpha value is -3.20. The Kier molecular flexibility index (Phi) is 19.2. The molecule has 0 saturated heterocycles. The zero-order valence-electron chi connectivity index (χ0n) is 28.0. The molecule has 0 radical (unpaired) electrons. The smallest absolute Gasteiger partial charge is 0.257 e. The van der Waals surface area contributed by atoms with Crippen LogP contribution in [0.15, 0.2) is 91.1 Å². The molecule has 1 unspecified atom stereocenters. The van der Waals surface area contributed by atoms with Crippen LogP contribution in [0, 0.1) is 0 Å². The number of rotatable bonds is 18. The normalized spacial score (nSPS) is 13.3. The number of aromatic nitrogens is 1. The predicted octanol–water partition coefficient (Wildman–Crippen LogP) is 8.84. The fourth-order valence-corrected chi connectivity index (χ4v) is 5.86. The van der Waals surface area contributed by atoms with E-state index in [1.165, 1.54) is 30.4 Å². The van der Waals surface area contributed by atoms with Gasteiger partial charge in [0.1, 0.15) is 19.8 Å². The topological polar surface area (TPSA) is 65.1 Å². The van der Waals surface area contributed by atoms with Crippen LogP contribution in [-0.4, -0.2) is 42.8 Å². The molecule has 0 fully saturated rings. The van der Waals surface area contributed by atoms with Crippen molar-refractivity contribution >= 4 is 37.2 Å². The Bertz CT molecular complexity index is 1450. The number of hydrogen-bond acceptors (Lipinski definition) is 7. The van der Waals surface area contributed by atoms with Gasteiger partial charge in [0.05, 0.1) is 7.11 Å². The largest absolute Gasteiger partial charge is 0.491 e. The summed E-state index contributed by atoms with van der Waals surface area (Å²) in [7, 11) is 1.64. The van der Waals surface area contributed by atoms with Crippen molar-refractivity contribution in [2.75, 3.05) is 26.8 Å². The van der Waals surface area contributed by atoms with Gasteiger partial charge in [0.2, 0.25) is 0 Å². The molecule has 10 heteroatoms. The molecule has 262 valence electrons. The average Bonchev–Trinajstić information content (AvgIpc) is 3.10. The highest BCUT2D eigenvalue weighted by atomic mass is 35.5. The van der Waals surface area contributed by atoms with E-state index in [-0.39, 0.29) is 37.2 Å². The summed E-state index contributed by atoms with van der Waals surface area (Å²) in [5, 5.41) is 2.45. The molecule has 0 spiro atoms. The first-order valence-corrected chi connectivity index (χ1v) is 16.3. The summed E-state index contributed by atoms with van der Waals surface area (Å²) in [5.74, 6) is 2.86. The summed E-state index contributed by atoms with van der Waals surface area (Å²) in [4.78, 5) is 4.32. The number of hydrazine groups is 1. The summed E-state index contributed by atoms with van der Waals surface area (Å²) in [6, 6.07) is 29.1. The van der Waals surface area contributed by atoms with Gasteiger partial charge >= 0.3 is 0 Å². The van der Waals surface area contributed by atoms with Crippen molar-refractivity contribution in [3.63, 3.8) is 0 Å². The number of ether oxygens (including phenoxy) is 4. The van der Waals surface area contributed by atoms with E-state index in [2.05, 4.69) is 70.9 Å². The SMILES string of the molecule is CCCCCCN(NCCOc1ncccc1OC)C1CCc2c(ccc(OCc3ccccc3)c2OCc2ccccc2)C1.Cl.Cl.Cl. The number of nitrogens with zero attached hydrogens (tertiary/aromatic N) is 2. The van der Waals surface area contributed by atoms with Crippen LogP contribution < -0.4 is 24.4 Å². The van der Waals surface area contributed by atoms with Gasteiger partial charge in [-0.15, -0.1) is 37.2 Å². The molecule has 0 bridgehead atoms. The zero-order valence-corrected chi connectivity index (χ0v) is 30.4. The van der Waals surface area contributed by atoms with Crippen LogP contribution in [0.25, 0.3) is 0 Å². The zero-order chi connectivity index (χ0) is 31.1. The van der Waals surface area contributed by atoms with Crippen LogP contribution >= 0.6 is 37.2 Å². The van der Waals surface area contributed by atoms with E-state index in [9.17, 15) is 0 Å². The number of halogens is 3. The van der Waals surface area contributed by atoms with Crippen LogP contribution in [0.2, 0.25) is 0 Å². The molecule has 1 N–H and O–H groups in total. The monoisotopic (exact) mass is 717 g/mol. The number of methoxy groups -OCH3 is 1. The third-order valence-corrected chi connectivity index (χ3v) is 8.27. The number of pyridine rings is 1. The minimum Gasteiger partial charge on any atom is -0.491 e. The van der Waals surface area contributed by atoms with Crippen LogP contribution in [0.4, 0.5) is 0 Å². The second-order valence-electron chi connectivity index (χ2n) is 11.5. The fourth-order valence-electron chi connectivity index (χ4n) is 5.86. The fraction of sp³-hybridized carbons (Fsp3) is 0.395. The molecule has 0 saturated carbocycles. The van der Waals surface area contributed by atoms with Crippen molar-refractivity contribution in [2.45, 2.75) is 71.1 Å². The highest BCUT2D eigenvalue weighted by Gasteiger charge is 2.28. The molecule has 1 aliphatic rings. The molecule has 48 heavy (non-hydrogen) atoms. The van der Waals surface area contributed by atoms with E-state index in [1.807, 2.05) is 36.4 Å². The summed E-state index contributed by atoms with van der Waals surface area (Å²) in [6.45, 7) is 5.46. The maximum absolute atomic E-state index is 6.55. The average molecular weight is 719 g/mol. The number of unbranched alkanes of at least 4 members (excludes halogenated alkanes) is 3. The molecule has 5 rings (SSSR count). The van der Waals surface area contributed by atoms with Crippen LogP contribution in [0.5, 0.6) is 23.1 Å². The minimum atomic E-state index is 0. The summed E-state index contributed by atoms with van der Waals surface area (Å²) in [6.07, 6.45) is 9.53. The first kappa shape index (κ1) is 41.0. The van der Waals surface area contributed by atoms with Gasteiger partial charge in [0, 0.05) is 30.9 Å². The summed E-state index contributed by atoms with van der Waals surface area (Å²) in [5.41, 5.74) is 8.58. The first-order chi connectivity index (χ1) is 22.2. The van der Waals surface area contributed by atoms with Gasteiger partial charge in [0.25, 0.3) is 5.88 Å². The molecular weight excluding hydrogens is 669 g/mol. The number of benzene rings is 3. The van der Waals surface area contributed by atoms with Crippen molar-refractivity contribution < 1.29 is 18.9 Å². The Morgan fingerprint density at radius 3 is 2.17 bits per heavy atom. The summed E-state index contributed by atoms with van der Waals surface area (Å²) >= 11 is 0. The van der Waals surface area contributed by atoms with Crippen LogP contribution in [-0.2, 0) is 26.1 Å². The van der Waals surface area contributed by atoms with Crippen molar-refractivity contribution in [1.82, 2.24) is 15.4 Å². The Labute approximate surface area is 304 Å². The molecule has 1 heterocycles. The van der Waals surface area contributed by atoms with Gasteiger partial charge < -0.3 is 18.9 Å². The van der Waals surface area contributed by atoms with Crippen molar-refractivity contribution in [3.05, 3.63) is 113 Å². The van der Waals surface area contributed by atoms with Crippen molar-refractivity contribution in [1.29, 1.82) is 0 Å². The van der Waals surface area contributed by atoms with Crippen LogP contribution in [0.1, 0.15) is 61.3 Å². The molecule has 3 aromatic carbocycles. The minimum absolute atomic E-state index is 0. The highest BCUT2D eigenvalue weighted by Crippen LogP contribution is 2.39. The van der Waals surface area contributed by atoms with Gasteiger partial charge in [-0.3, -0.25) is 5.43 Å². The van der Waals surface area contributed by atoms with Crippen LogP contribution in [0.3, 0.4) is 0 Å². The van der Waals surface area contributed by atoms with Crippen molar-refractivity contribution in [2.24, 2.45) is 0 Å². The van der Waals surface area contributed by atoms with Gasteiger partial charge in [-0.2, -0.15) is 0 Å². The Balaban J connectivity index is 0.00000267. The van der Waals surface area contributed by atoms with E-state index in [1.54, 1.807) is 13.3 Å². The maximum Gasteiger partial charge on any atom is 0.257 e. The second-order valence-corrected chi connectivity index (χ2v) is 11.5. The Morgan fingerprint density at radius 1 is 0.771 bits per heavy atom. The predicted molar refractivity (Wildman–Crippen MR) is 201 cm³/mol. The standard InChI is InChI=1S/C38H47N3O4.3ClH/c1-3-4-5-12-25-41(40-24-26-43-38-36(42-2)18-13-23-39-38)33-20-21-34-32(27-33)19-22-35(44-28-30-14-8-6-9-15-30)37(34)45-29-31-16-10-7-11-17-31;;;/h6-11,13-19,22-23,33,40H,3-5,12,20-21,24-29H2,1-2H3;3*1H. The first-order valence-electron chi connectivity index (χ1n) is 16.3. The third kappa shape index (κ3) is 12.0. The lowest BCUT2D eigenvalue weighted by Gasteiger charge is -2.36. The maximum atomic E-state index is 6.55. The van der Waals surface area contributed by atoms with Gasteiger partial charge in [-0.05, 0) is 60.6 Å². The van der Waals surface area contributed by atoms with Gasteiger partial charge in [-0.1, -0.05) is 92.9 Å². The number of hydrogen-bond donors (Lipinski definition) is 1. The van der Waals surface area contributed by atoms with Crippen molar-refractivity contribution in [3.8, 4) is 23.1 Å². The Morgan fingerprint density at radius 2 is 1.48 bits per heavy atom. The lowest BCUT2D eigenvalue weighted by Crippen LogP contribution is -2.49. The van der Waals surface area contributed by atoms with E-state index < -0.39 is 0 Å². The molecule has 1 atom stereocenters. The molecule has 0 aliphatic heterocycles. The molecular formula is C38H50Cl3N3O4. The highest BCUT2D eigenvalue weighted by molar-refractivity contribution is 5.86. The molecule has 1 aromatic heterocycles. The number of nitrogens with one attached hydrogen (secondary N) is 1. The van der Waals surface area contributed by atoms with E-state index >= 15 is 0 Å². The quantitative estimate of drug-likeness (QED) is 0.0815. The lowest BCUT2D eigenvalue weighted by molar-refractivity contribution is 0.0988. The van der Waals surface area contributed by atoms with Gasteiger partial charge in [0.15, 0.2) is 17.2 Å². The van der Waals surface area contributed by atoms with E-state index in [4.69, 9.17) is 18.9 Å².